The first-order valence-corrected chi connectivity index (χ1v) is 13.3. The quantitative estimate of drug-likeness (QED) is 0.230. The summed E-state index contributed by atoms with van der Waals surface area (Å²) in [6, 6.07) is 23.9. The van der Waals surface area contributed by atoms with Crippen LogP contribution in [-0.4, -0.2) is 16.2 Å². The van der Waals surface area contributed by atoms with Crippen LogP contribution in [-0.2, 0) is 0 Å². The van der Waals surface area contributed by atoms with Crippen molar-refractivity contribution in [1.82, 2.24) is 4.40 Å². The molecule has 4 aromatic heterocycles. The zero-order valence-corrected chi connectivity index (χ0v) is 20.3. The molecule has 4 aromatic carbocycles. The highest BCUT2D eigenvalue weighted by Gasteiger charge is 2.31. The van der Waals surface area contributed by atoms with Gasteiger partial charge in [0, 0.05) is 37.0 Å². The molecule has 5 heteroatoms. The fourth-order valence-corrected chi connectivity index (χ4v) is 7.89. The van der Waals surface area contributed by atoms with Crippen molar-refractivity contribution in [1.29, 1.82) is 0 Å². The number of allylic oxidation sites excluding steroid dienone is 2. The Hall–Kier alpha value is -4.61. The van der Waals surface area contributed by atoms with Crippen LogP contribution in [0.15, 0.2) is 100 Å². The predicted octanol–water partition coefficient (Wildman–Crippen LogP) is 8.94. The lowest BCUT2D eigenvalue weighted by atomic mass is 10.0. The molecule has 1 atom stereocenters. The summed E-state index contributed by atoms with van der Waals surface area (Å²) in [4.78, 5) is 5.16. The molecule has 1 aliphatic heterocycles. The van der Waals surface area contributed by atoms with E-state index in [0.717, 1.165) is 28.4 Å². The molecule has 0 saturated heterocycles. The average molecular weight is 492 g/mol. The normalized spacial score (nSPS) is 17.1. The van der Waals surface area contributed by atoms with Gasteiger partial charge in [-0.1, -0.05) is 72.8 Å². The monoisotopic (exact) mass is 491 g/mol. The summed E-state index contributed by atoms with van der Waals surface area (Å²) in [5, 5.41) is 12.3. The van der Waals surface area contributed by atoms with Crippen LogP contribution in [0, 0.1) is 0 Å². The minimum atomic E-state index is 0.0680. The summed E-state index contributed by atoms with van der Waals surface area (Å²) in [6.45, 7) is 0. The molecule has 0 spiro atoms. The zero-order valence-electron chi connectivity index (χ0n) is 19.4. The van der Waals surface area contributed by atoms with Crippen LogP contribution in [0.2, 0.25) is 0 Å². The number of furan rings is 1. The number of fused-ring (bicyclic) bond motifs is 16. The molecule has 172 valence electrons. The van der Waals surface area contributed by atoms with Crippen molar-refractivity contribution in [2.75, 3.05) is 5.32 Å². The van der Waals surface area contributed by atoms with Gasteiger partial charge in [0.15, 0.2) is 0 Å². The summed E-state index contributed by atoms with van der Waals surface area (Å²) in [5.74, 6) is 1.06. The highest BCUT2D eigenvalue weighted by atomic mass is 32.1. The fourth-order valence-electron chi connectivity index (χ4n) is 6.64. The molecule has 1 N–H and O–H groups in total. The first-order valence-electron chi connectivity index (χ1n) is 12.5. The number of rotatable bonds is 0. The van der Waals surface area contributed by atoms with E-state index in [9.17, 15) is 0 Å². The molecule has 0 bridgehead atoms. The van der Waals surface area contributed by atoms with E-state index in [1.165, 1.54) is 58.1 Å². The van der Waals surface area contributed by atoms with Gasteiger partial charge in [-0.25, -0.2) is 4.99 Å². The minimum absolute atomic E-state index is 0.0680. The third-order valence-corrected chi connectivity index (χ3v) is 9.29. The van der Waals surface area contributed by atoms with Crippen LogP contribution >= 0.6 is 11.3 Å². The number of hydrogen-bond acceptors (Lipinski definition) is 4. The van der Waals surface area contributed by atoms with Gasteiger partial charge in [0.05, 0.1) is 32.9 Å². The Labute approximate surface area is 213 Å². The molecule has 0 fully saturated rings. The zero-order chi connectivity index (χ0) is 23.8. The van der Waals surface area contributed by atoms with Crippen molar-refractivity contribution < 1.29 is 4.42 Å². The maximum Gasteiger partial charge on any atom is 0.146 e. The summed E-state index contributed by atoms with van der Waals surface area (Å²) in [6.07, 6.45) is 8.44. The van der Waals surface area contributed by atoms with Crippen LogP contribution in [0.25, 0.3) is 69.3 Å². The van der Waals surface area contributed by atoms with Crippen molar-refractivity contribution in [3.63, 3.8) is 0 Å². The molecular formula is C32H17N3OS. The van der Waals surface area contributed by atoms with Gasteiger partial charge in [0.2, 0.25) is 0 Å². The standard InChI is InChI=1S/C32H17N3OS/c1-5-14-22-16(8-1)24-25-17-9-2-6-15-23(17)37-31(25)29-26(30(24)36-22)18-10-7-11-19-27-32(35(29)28(18)19)34-21-13-4-3-12-20(21)33-27/h1-15,21,34H. The molecule has 8 aromatic rings. The van der Waals surface area contributed by atoms with Crippen molar-refractivity contribution in [2.24, 2.45) is 4.99 Å². The number of aromatic nitrogens is 1. The second-order valence-corrected chi connectivity index (χ2v) is 11.0. The van der Waals surface area contributed by atoms with Gasteiger partial charge in [0.25, 0.3) is 0 Å². The van der Waals surface area contributed by atoms with E-state index in [2.05, 4.69) is 101 Å². The molecular weight excluding hydrogens is 474 g/mol. The second-order valence-electron chi connectivity index (χ2n) is 9.97. The predicted molar refractivity (Wildman–Crippen MR) is 157 cm³/mol. The second kappa shape index (κ2) is 6.20. The topological polar surface area (TPSA) is 41.9 Å². The van der Waals surface area contributed by atoms with Crippen LogP contribution in [0.4, 0.5) is 11.5 Å². The average Bonchev–Trinajstić information content (AvgIpc) is 3.68. The van der Waals surface area contributed by atoms with E-state index in [1.54, 1.807) is 0 Å². The lowest BCUT2D eigenvalue weighted by molar-refractivity contribution is 0.673. The molecule has 5 heterocycles. The van der Waals surface area contributed by atoms with E-state index in [0.29, 0.717) is 0 Å². The molecule has 0 amide bonds. The largest absolute Gasteiger partial charge is 0.455 e. The van der Waals surface area contributed by atoms with Gasteiger partial charge in [-0.3, -0.25) is 4.40 Å². The number of anilines is 1. The van der Waals surface area contributed by atoms with E-state index >= 15 is 0 Å². The Morgan fingerprint density at radius 1 is 0.784 bits per heavy atom. The third-order valence-electron chi connectivity index (χ3n) is 8.11. The molecule has 1 unspecified atom stereocenters. The first kappa shape index (κ1) is 18.6. The number of nitrogens with zero attached hydrogens (tertiary/aromatic N) is 2. The SMILES string of the molecule is C1=CC2=Nc3c(n4c5c3cccc5c3c5oc6ccccc6c5c5c6ccccc6sc5c34)NC2C=C1. The number of benzene rings is 4. The molecule has 0 radical (unpaired) electrons. The molecule has 4 nitrogen and oxygen atoms in total. The lowest BCUT2D eigenvalue weighted by Gasteiger charge is -2.23. The maximum atomic E-state index is 6.71. The number of thiophene rings is 1. The summed E-state index contributed by atoms with van der Waals surface area (Å²) in [7, 11) is 0. The molecule has 1 aliphatic carbocycles. The van der Waals surface area contributed by atoms with Gasteiger partial charge in [-0.2, -0.15) is 0 Å². The minimum Gasteiger partial charge on any atom is -0.455 e. The Morgan fingerprint density at radius 2 is 1.62 bits per heavy atom. The van der Waals surface area contributed by atoms with Crippen molar-refractivity contribution >= 4 is 97.9 Å². The number of hydrogen-bond donors (Lipinski definition) is 1. The molecule has 2 aliphatic rings. The lowest BCUT2D eigenvalue weighted by Crippen LogP contribution is -2.30. The Balaban J connectivity index is 1.55. The molecule has 37 heavy (non-hydrogen) atoms. The first-order chi connectivity index (χ1) is 18.4. The van der Waals surface area contributed by atoms with Crippen LogP contribution in [0.5, 0.6) is 0 Å². The van der Waals surface area contributed by atoms with Gasteiger partial charge < -0.3 is 9.73 Å². The highest BCUT2D eigenvalue weighted by Crippen LogP contribution is 2.53. The number of aliphatic imine (C=N–C) groups is 1. The Bertz CT molecular complexity index is 2390. The number of nitrogens with one attached hydrogen (secondary N) is 1. The van der Waals surface area contributed by atoms with E-state index < -0.39 is 0 Å². The number of para-hydroxylation sites is 2. The highest BCUT2D eigenvalue weighted by molar-refractivity contribution is 7.27. The van der Waals surface area contributed by atoms with Crippen molar-refractivity contribution in [2.45, 2.75) is 6.04 Å². The molecule has 0 saturated carbocycles. The van der Waals surface area contributed by atoms with Crippen LogP contribution in [0.1, 0.15) is 0 Å². The van der Waals surface area contributed by atoms with Gasteiger partial charge in [-0.05, 0) is 18.2 Å². The summed E-state index contributed by atoms with van der Waals surface area (Å²) >= 11 is 1.87. The summed E-state index contributed by atoms with van der Waals surface area (Å²) < 4.78 is 11.7. The Morgan fingerprint density at radius 3 is 2.59 bits per heavy atom. The van der Waals surface area contributed by atoms with E-state index in [-0.39, 0.29) is 6.04 Å². The van der Waals surface area contributed by atoms with Crippen LogP contribution in [0.3, 0.4) is 0 Å². The fraction of sp³-hybridized carbons (Fsp3) is 0.0312. The van der Waals surface area contributed by atoms with Gasteiger partial charge in [-0.15, -0.1) is 11.3 Å². The van der Waals surface area contributed by atoms with Crippen LogP contribution < -0.4 is 5.32 Å². The molecule has 10 rings (SSSR count). The smallest absolute Gasteiger partial charge is 0.146 e. The Kier molecular flexibility index (Phi) is 3.12. The van der Waals surface area contributed by atoms with Gasteiger partial charge in [0.1, 0.15) is 22.7 Å². The van der Waals surface area contributed by atoms with E-state index in [1.807, 2.05) is 11.3 Å². The maximum absolute atomic E-state index is 6.71. The van der Waals surface area contributed by atoms with E-state index in [4.69, 9.17) is 9.41 Å². The van der Waals surface area contributed by atoms with Crippen molar-refractivity contribution in [3.05, 3.63) is 91.0 Å². The summed E-state index contributed by atoms with van der Waals surface area (Å²) in [5.41, 5.74) is 6.39. The van der Waals surface area contributed by atoms with Gasteiger partial charge >= 0.3 is 0 Å². The van der Waals surface area contributed by atoms with Crippen molar-refractivity contribution in [3.8, 4) is 0 Å². The third kappa shape index (κ3) is 2.07.